The molecule has 0 fully saturated rings. The van der Waals surface area contributed by atoms with E-state index >= 15 is 0 Å². The summed E-state index contributed by atoms with van der Waals surface area (Å²) in [5, 5.41) is 3.56. The highest BCUT2D eigenvalue weighted by atomic mass is 32.1. The Kier molecular flexibility index (Phi) is 16.1. The minimum atomic E-state index is 0.551. The highest BCUT2D eigenvalue weighted by Gasteiger charge is 2.05. The lowest BCUT2D eigenvalue weighted by atomic mass is 10.0. The number of hydrogen-bond donors (Lipinski definition) is 2. The van der Waals surface area contributed by atoms with Gasteiger partial charge in [-0.3, -0.25) is 0 Å². The normalized spacial score (nSPS) is 9.92. The Balaban J connectivity index is 0. The Morgan fingerprint density at radius 3 is 1.68 bits per heavy atom. The predicted molar refractivity (Wildman–Crippen MR) is 117 cm³/mol. The molecule has 0 saturated carbocycles. The van der Waals surface area contributed by atoms with Crippen LogP contribution in [0.25, 0.3) is 0 Å². The minimum absolute atomic E-state index is 0.551. The summed E-state index contributed by atoms with van der Waals surface area (Å²) in [6, 6.07) is 15.3. The lowest BCUT2D eigenvalue weighted by Crippen LogP contribution is -2.15. The van der Waals surface area contributed by atoms with Gasteiger partial charge in [-0.2, -0.15) is 12.6 Å². The number of nitrogens with one attached hydrogen (secondary N) is 1. The van der Waals surface area contributed by atoms with Crippen molar-refractivity contribution in [3.63, 3.8) is 0 Å². The average molecular weight is 362 g/mol. The summed E-state index contributed by atoms with van der Waals surface area (Å²) in [5.41, 5.74) is 6.67. The molecule has 2 aromatic rings. The molecule has 0 aliphatic rings. The third-order valence-electron chi connectivity index (χ3n) is 3.62. The molecule has 0 saturated heterocycles. The first-order valence-electron chi connectivity index (χ1n) is 8.53. The maximum Gasteiger partial charge on any atom is 0.106 e. The maximum absolute atomic E-state index is 8.00. The molecule has 0 amide bonds. The molecule has 0 heterocycles. The van der Waals surface area contributed by atoms with E-state index in [-0.39, 0.29) is 0 Å². The number of aryl methyl sites for hydroxylation is 4. The SMILES string of the molecule is C=O.CCC(C)Nc1c(C)cc(C)cc1C.CS.Cc1ccccc1. The van der Waals surface area contributed by atoms with Gasteiger partial charge in [-0.15, -0.1) is 0 Å². The molecule has 1 unspecified atom stereocenters. The van der Waals surface area contributed by atoms with Crippen molar-refractivity contribution >= 4 is 25.1 Å². The molecule has 3 heteroatoms. The zero-order chi connectivity index (χ0) is 19.8. The number of thiol groups is 1. The Hall–Kier alpha value is -1.74. The molecule has 0 aliphatic heterocycles. The van der Waals surface area contributed by atoms with E-state index in [0.29, 0.717) is 6.04 Å². The van der Waals surface area contributed by atoms with Gasteiger partial charge in [0.2, 0.25) is 0 Å². The predicted octanol–water partition coefficient (Wildman–Crippen LogP) is 6.18. The summed E-state index contributed by atoms with van der Waals surface area (Å²) < 4.78 is 0. The van der Waals surface area contributed by atoms with E-state index in [0.717, 1.165) is 6.42 Å². The second-order valence-corrected chi connectivity index (χ2v) is 5.88. The van der Waals surface area contributed by atoms with Crippen molar-refractivity contribution in [3.05, 3.63) is 64.7 Å². The molecule has 0 aliphatic carbocycles. The molecule has 2 rings (SSSR count). The third kappa shape index (κ3) is 11.4. The highest BCUT2D eigenvalue weighted by molar-refractivity contribution is 7.79. The van der Waals surface area contributed by atoms with Crippen molar-refractivity contribution in [2.45, 2.75) is 54.0 Å². The molecule has 2 aromatic carbocycles. The van der Waals surface area contributed by atoms with E-state index in [4.69, 9.17) is 4.79 Å². The Morgan fingerprint density at radius 2 is 1.36 bits per heavy atom. The molecule has 2 nitrogen and oxygen atoms in total. The summed E-state index contributed by atoms with van der Waals surface area (Å²) in [6.45, 7) is 15.0. The monoisotopic (exact) mass is 361 g/mol. The average Bonchev–Trinajstić information content (AvgIpc) is 2.62. The molecular weight excluding hydrogens is 326 g/mol. The van der Waals surface area contributed by atoms with Crippen molar-refractivity contribution in [1.82, 2.24) is 0 Å². The van der Waals surface area contributed by atoms with Gasteiger partial charge < -0.3 is 10.1 Å². The summed E-state index contributed by atoms with van der Waals surface area (Å²) in [7, 11) is 0. The van der Waals surface area contributed by atoms with E-state index in [2.05, 4.69) is 83.8 Å². The van der Waals surface area contributed by atoms with Crippen LogP contribution in [0.15, 0.2) is 42.5 Å². The van der Waals surface area contributed by atoms with Crippen LogP contribution in [0.2, 0.25) is 0 Å². The van der Waals surface area contributed by atoms with Gasteiger partial charge in [0.15, 0.2) is 0 Å². The van der Waals surface area contributed by atoms with Crippen LogP contribution in [0.1, 0.15) is 42.5 Å². The van der Waals surface area contributed by atoms with E-state index in [9.17, 15) is 0 Å². The molecule has 0 spiro atoms. The summed E-state index contributed by atoms with van der Waals surface area (Å²) in [4.78, 5) is 8.00. The van der Waals surface area contributed by atoms with Crippen LogP contribution in [-0.2, 0) is 4.79 Å². The van der Waals surface area contributed by atoms with Gasteiger partial charge in [-0.25, -0.2) is 0 Å². The number of benzene rings is 2. The van der Waals surface area contributed by atoms with Crippen molar-refractivity contribution in [2.75, 3.05) is 11.6 Å². The van der Waals surface area contributed by atoms with E-state index in [1.54, 1.807) is 6.26 Å². The van der Waals surface area contributed by atoms with Gasteiger partial charge in [-0.1, -0.05) is 60.5 Å². The fourth-order valence-electron chi connectivity index (χ4n) is 2.29. The lowest BCUT2D eigenvalue weighted by Gasteiger charge is -2.18. The second-order valence-electron chi connectivity index (χ2n) is 5.88. The Morgan fingerprint density at radius 1 is 0.920 bits per heavy atom. The minimum Gasteiger partial charge on any atom is -0.382 e. The number of anilines is 1. The van der Waals surface area contributed by atoms with Gasteiger partial charge in [0.05, 0.1) is 0 Å². The summed E-state index contributed by atoms with van der Waals surface area (Å²) >= 11 is 3.53. The van der Waals surface area contributed by atoms with Crippen LogP contribution >= 0.6 is 12.6 Å². The van der Waals surface area contributed by atoms with Crippen molar-refractivity contribution < 1.29 is 4.79 Å². The van der Waals surface area contributed by atoms with E-state index < -0.39 is 0 Å². The van der Waals surface area contributed by atoms with Crippen molar-refractivity contribution in [1.29, 1.82) is 0 Å². The Bertz CT molecular complexity index is 546. The molecule has 0 bridgehead atoms. The number of carbonyl (C=O) groups is 1. The van der Waals surface area contributed by atoms with Crippen LogP contribution in [0.3, 0.4) is 0 Å². The van der Waals surface area contributed by atoms with E-state index in [1.165, 1.54) is 27.9 Å². The molecule has 0 radical (unpaired) electrons. The topological polar surface area (TPSA) is 29.1 Å². The standard InChI is InChI=1S/C13H21N.C7H8.CH2O.CH4S/c1-6-12(5)14-13-10(3)7-9(2)8-11(13)4;1-7-5-3-2-4-6-7;2*1-2/h7-8,12,14H,6H2,1-5H3;2-6H,1H3;1H2;2H,1H3. The van der Waals surface area contributed by atoms with Gasteiger partial charge in [0.25, 0.3) is 0 Å². The van der Waals surface area contributed by atoms with Gasteiger partial charge in [0.1, 0.15) is 6.79 Å². The molecule has 140 valence electrons. The van der Waals surface area contributed by atoms with Crippen LogP contribution in [0, 0.1) is 27.7 Å². The van der Waals surface area contributed by atoms with Gasteiger partial charge in [0, 0.05) is 11.7 Å². The zero-order valence-electron chi connectivity index (χ0n) is 16.9. The van der Waals surface area contributed by atoms with Crippen LogP contribution < -0.4 is 5.32 Å². The highest BCUT2D eigenvalue weighted by Crippen LogP contribution is 2.22. The van der Waals surface area contributed by atoms with Crippen LogP contribution in [0.4, 0.5) is 5.69 Å². The first kappa shape index (κ1) is 25.5. The Labute approximate surface area is 160 Å². The van der Waals surface area contributed by atoms with Crippen molar-refractivity contribution in [3.8, 4) is 0 Å². The van der Waals surface area contributed by atoms with Gasteiger partial charge >= 0.3 is 0 Å². The van der Waals surface area contributed by atoms with Crippen molar-refractivity contribution in [2.24, 2.45) is 0 Å². The molecule has 1 atom stereocenters. The number of rotatable bonds is 3. The molecular formula is C22H35NOS. The second kappa shape index (κ2) is 15.8. The first-order valence-corrected chi connectivity index (χ1v) is 9.43. The smallest absolute Gasteiger partial charge is 0.106 e. The van der Waals surface area contributed by atoms with Gasteiger partial charge in [-0.05, 0) is 58.4 Å². The lowest BCUT2D eigenvalue weighted by molar-refractivity contribution is -0.0979. The first-order chi connectivity index (χ1) is 11.9. The van der Waals surface area contributed by atoms with E-state index in [1.807, 2.05) is 25.0 Å². The fourth-order valence-corrected chi connectivity index (χ4v) is 2.29. The van der Waals surface area contributed by atoms with Crippen LogP contribution in [-0.4, -0.2) is 19.1 Å². The fraction of sp³-hybridized carbons (Fsp3) is 0.409. The molecule has 0 aromatic heterocycles. The quantitative estimate of drug-likeness (QED) is 0.639. The zero-order valence-corrected chi connectivity index (χ0v) is 17.8. The number of hydrogen-bond acceptors (Lipinski definition) is 3. The summed E-state index contributed by atoms with van der Waals surface area (Å²) in [6.07, 6.45) is 2.85. The third-order valence-corrected chi connectivity index (χ3v) is 3.62. The molecule has 1 N–H and O–H groups in total. The molecule has 25 heavy (non-hydrogen) atoms. The largest absolute Gasteiger partial charge is 0.382 e. The van der Waals surface area contributed by atoms with Crippen LogP contribution in [0.5, 0.6) is 0 Å². The maximum atomic E-state index is 8.00. The summed E-state index contributed by atoms with van der Waals surface area (Å²) in [5.74, 6) is 0. The number of carbonyl (C=O) groups excluding carboxylic acids is 1.